The molecule has 0 aliphatic rings. The van der Waals surface area contributed by atoms with Crippen molar-refractivity contribution in [2.75, 3.05) is 11.1 Å². The third-order valence-electron chi connectivity index (χ3n) is 4.76. The molecule has 9 heteroatoms. The topological polar surface area (TPSA) is 69.0 Å². The number of anilines is 1. The van der Waals surface area contributed by atoms with Crippen molar-refractivity contribution < 1.29 is 9.53 Å². The maximum absolute atomic E-state index is 12.5. The Morgan fingerprint density at radius 1 is 1.26 bits per heavy atom. The van der Waals surface area contributed by atoms with Crippen LogP contribution in [0.15, 0.2) is 46.0 Å². The van der Waals surface area contributed by atoms with Crippen molar-refractivity contribution in [3.8, 4) is 5.75 Å². The number of carbonyl (C=O) groups is 1. The van der Waals surface area contributed by atoms with Crippen LogP contribution in [0.3, 0.4) is 0 Å². The standard InChI is InChI=1S/C22H24BrClN4O2S/c1-5-28-21(15(4)30-19-9-7-6-8-17(19)24)26-27-22(28)31-12-20(29)25-18-11-14(3)13(2)10-16(18)23/h6-11,15H,5,12H2,1-4H3,(H,25,29)/t15-/m1/s1. The number of amides is 1. The summed E-state index contributed by atoms with van der Waals surface area (Å²) < 4.78 is 8.79. The first-order valence-electron chi connectivity index (χ1n) is 9.83. The molecule has 0 aliphatic carbocycles. The van der Waals surface area contributed by atoms with Gasteiger partial charge in [-0.05, 0) is 79.0 Å². The molecule has 0 unspecified atom stereocenters. The van der Waals surface area contributed by atoms with Gasteiger partial charge in [0.2, 0.25) is 5.91 Å². The third kappa shape index (κ3) is 5.81. The number of carbonyl (C=O) groups excluding carboxylic acids is 1. The zero-order valence-corrected chi connectivity index (χ0v) is 20.9. The predicted octanol–water partition coefficient (Wildman–Crippen LogP) is 6.20. The molecule has 164 valence electrons. The van der Waals surface area contributed by atoms with Gasteiger partial charge in [0, 0.05) is 11.0 Å². The van der Waals surface area contributed by atoms with Crippen molar-refractivity contribution in [1.29, 1.82) is 0 Å². The van der Waals surface area contributed by atoms with Crippen LogP contribution in [0.2, 0.25) is 5.02 Å². The Labute approximate surface area is 199 Å². The highest BCUT2D eigenvalue weighted by Gasteiger charge is 2.20. The summed E-state index contributed by atoms with van der Waals surface area (Å²) >= 11 is 11.0. The molecule has 2 aromatic carbocycles. The summed E-state index contributed by atoms with van der Waals surface area (Å²) in [5.74, 6) is 1.38. The molecule has 1 heterocycles. The first kappa shape index (κ1) is 23.6. The van der Waals surface area contributed by atoms with Crippen molar-refractivity contribution >= 4 is 50.9 Å². The van der Waals surface area contributed by atoms with E-state index in [2.05, 4.69) is 31.4 Å². The normalized spacial score (nSPS) is 11.9. The van der Waals surface area contributed by atoms with Gasteiger partial charge in [-0.2, -0.15) is 0 Å². The van der Waals surface area contributed by atoms with Crippen LogP contribution in [0.25, 0.3) is 0 Å². The van der Waals surface area contributed by atoms with Gasteiger partial charge in [0.15, 0.2) is 17.1 Å². The highest BCUT2D eigenvalue weighted by atomic mass is 79.9. The molecule has 0 aliphatic heterocycles. The molecule has 1 amide bonds. The van der Waals surface area contributed by atoms with Gasteiger partial charge in [-0.15, -0.1) is 10.2 Å². The van der Waals surface area contributed by atoms with Crippen LogP contribution < -0.4 is 10.1 Å². The van der Waals surface area contributed by atoms with Crippen LogP contribution in [0.4, 0.5) is 5.69 Å². The minimum atomic E-state index is -0.345. The smallest absolute Gasteiger partial charge is 0.234 e. The van der Waals surface area contributed by atoms with Crippen molar-refractivity contribution in [2.24, 2.45) is 0 Å². The van der Waals surface area contributed by atoms with Gasteiger partial charge >= 0.3 is 0 Å². The average molecular weight is 524 g/mol. The lowest BCUT2D eigenvalue weighted by atomic mass is 10.1. The number of hydrogen-bond acceptors (Lipinski definition) is 5. The fourth-order valence-electron chi connectivity index (χ4n) is 2.98. The largest absolute Gasteiger partial charge is 0.481 e. The fourth-order valence-corrected chi connectivity index (χ4v) is 4.53. The quantitative estimate of drug-likeness (QED) is 0.356. The average Bonchev–Trinajstić information content (AvgIpc) is 3.15. The second kappa shape index (κ2) is 10.5. The van der Waals surface area contributed by atoms with Gasteiger partial charge < -0.3 is 14.6 Å². The number of aryl methyl sites for hydroxylation is 2. The Bertz CT molecular complexity index is 1090. The van der Waals surface area contributed by atoms with Crippen molar-refractivity contribution in [3.63, 3.8) is 0 Å². The Morgan fingerprint density at radius 2 is 1.97 bits per heavy atom. The second-order valence-corrected chi connectivity index (χ2v) is 9.23. The van der Waals surface area contributed by atoms with E-state index in [1.54, 1.807) is 6.07 Å². The highest BCUT2D eigenvalue weighted by molar-refractivity contribution is 9.10. The van der Waals surface area contributed by atoms with Gasteiger partial charge in [-0.1, -0.05) is 35.5 Å². The molecule has 0 spiro atoms. The third-order valence-corrected chi connectivity index (χ3v) is 6.69. The number of para-hydroxylation sites is 1. The highest BCUT2D eigenvalue weighted by Crippen LogP contribution is 2.30. The summed E-state index contributed by atoms with van der Waals surface area (Å²) in [6, 6.07) is 11.3. The number of halogens is 2. The van der Waals surface area contributed by atoms with Gasteiger partial charge in [0.05, 0.1) is 16.5 Å². The maximum Gasteiger partial charge on any atom is 0.234 e. The van der Waals surface area contributed by atoms with Crippen LogP contribution in [0, 0.1) is 13.8 Å². The molecule has 3 rings (SSSR count). The van der Waals surface area contributed by atoms with E-state index in [0.29, 0.717) is 28.3 Å². The number of ether oxygens (including phenoxy) is 1. The number of aromatic nitrogens is 3. The summed E-state index contributed by atoms with van der Waals surface area (Å²) in [4.78, 5) is 12.5. The molecule has 31 heavy (non-hydrogen) atoms. The molecule has 1 aromatic heterocycles. The van der Waals surface area contributed by atoms with E-state index in [1.165, 1.54) is 11.8 Å². The van der Waals surface area contributed by atoms with Crippen molar-refractivity contribution in [2.45, 2.75) is 45.5 Å². The van der Waals surface area contributed by atoms with E-state index >= 15 is 0 Å². The molecular formula is C22H24BrClN4O2S. The van der Waals surface area contributed by atoms with Gasteiger partial charge in [0.1, 0.15) is 5.75 Å². The maximum atomic E-state index is 12.5. The number of benzene rings is 2. The van der Waals surface area contributed by atoms with Gasteiger partial charge in [-0.3, -0.25) is 4.79 Å². The molecule has 0 saturated heterocycles. The van der Waals surface area contributed by atoms with Crippen LogP contribution in [-0.4, -0.2) is 26.4 Å². The summed E-state index contributed by atoms with van der Waals surface area (Å²) in [6.45, 7) is 8.62. The zero-order chi connectivity index (χ0) is 22.5. The lowest BCUT2D eigenvalue weighted by molar-refractivity contribution is -0.113. The summed E-state index contributed by atoms with van der Waals surface area (Å²) in [6.07, 6.45) is -0.345. The number of nitrogens with one attached hydrogen (secondary N) is 1. The molecule has 0 fully saturated rings. The van der Waals surface area contributed by atoms with Crippen LogP contribution in [0.5, 0.6) is 5.75 Å². The van der Waals surface area contributed by atoms with E-state index in [4.69, 9.17) is 16.3 Å². The molecular weight excluding hydrogens is 500 g/mol. The van der Waals surface area contributed by atoms with E-state index in [0.717, 1.165) is 21.3 Å². The Kier molecular flexibility index (Phi) is 8.02. The number of hydrogen-bond donors (Lipinski definition) is 1. The molecule has 0 saturated carbocycles. The van der Waals surface area contributed by atoms with E-state index < -0.39 is 0 Å². The Morgan fingerprint density at radius 3 is 2.68 bits per heavy atom. The lowest BCUT2D eigenvalue weighted by Gasteiger charge is -2.16. The summed E-state index contributed by atoms with van der Waals surface area (Å²) in [7, 11) is 0. The summed E-state index contributed by atoms with van der Waals surface area (Å²) in [5.41, 5.74) is 3.04. The molecule has 1 N–H and O–H groups in total. The van der Waals surface area contributed by atoms with Crippen molar-refractivity contribution in [3.05, 3.63) is 62.8 Å². The van der Waals surface area contributed by atoms with Gasteiger partial charge in [0.25, 0.3) is 0 Å². The Balaban J connectivity index is 1.66. The first-order chi connectivity index (χ1) is 14.8. The SMILES string of the molecule is CCn1c(SCC(=O)Nc2cc(C)c(C)cc2Br)nnc1[C@@H](C)Oc1ccccc1Cl. The minimum Gasteiger partial charge on any atom is -0.481 e. The zero-order valence-electron chi connectivity index (χ0n) is 17.8. The summed E-state index contributed by atoms with van der Waals surface area (Å²) in [5, 5.41) is 12.7. The molecule has 0 bridgehead atoms. The predicted molar refractivity (Wildman–Crippen MR) is 129 cm³/mol. The number of thioether (sulfide) groups is 1. The second-order valence-electron chi connectivity index (χ2n) is 7.03. The molecule has 0 radical (unpaired) electrons. The van der Waals surface area contributed by atoms with Crippen LogP contribution in [-0.2, 0) is 11.3 Å². The number of nitrogens with zero attached hydrogens (tertiary/aromatic N) is 3. The van der Waals surface area contributed by atoms with Crippen molar-refractivity contribution in [1.82, 2.24) is 14.8 Å². The first-order valence-corrected chi connectivity index (χ1v) is 12.0. The fraction of sp³-hybridized carbons (Fsp3) is 0.318. The minimum absolute atomic E-state index is 0.110. The monoisotopic (exact) mass is 522 g/mol. The van der Waals surface area contributed by atoms with Crippen LogP contribution >= 0.6 is 39.3 Å². The van der Waals surface area contributed by atoms with E-state index in [1.807, 2.05) is 62.6 Å². The molecule has 3 aromatic rings. The molecule has 1 atom stereocenters. The number of rotatable bonds is 8. The Hall–Kier alpha value is -2.03. The van der Waals surface area contributed by atoms with E-state index in [9.17, 15) is 4.79 Å². The van der Waals surface area contributed by atoms with Crippen LogP contribution in [0.1, 0.15) is 36.9 Å². The van der Waals surface area contributed by atoms with E-state index in [-0.39, 0.29) is 17.8 Å². The van der Waals surface area contributed by atoms with Gasteiger partial charge in [-0.25, -0.2) is 0 Å². The lowest BCUT2D eigenvalue weighted by Crippen LogP contribution is -2.16. The molecule has 6 nitrogen and oxygen atoms in total.